The molecule has 5 heterocycles. The van der Waals surface area contributed by atoms with Gasteiger partial charge in [0.1, 0.15) is 10.8 Å². The molecule has 1 amide bonds. The Morgan fingerprint density at radius 2 is 2.14 bits per heavy atom. The Balaban J connectivity index is 1.19. The molecule has 2 saturated heterocycles. The summed E-state index contributed by atoms with van der Waals surface area (Å²) < 4.78 is 3.04. The Morgan fingerprint density at radius 3 is 2.97 bits per heavy atom. The van der Waals surface area contributed by atoms with Crippen LogP contribution in [0.3, 0.4) is 0 Å². The van der Waals surface area contributed by atoms with Crippen molar-refractivity contribution in [2.24, 2.45) is 5.92 Å². The van der Waals surface area contributed by atoms with Gasteiger partial charge in [0, 0.05) is 55.7 Å². The molecular formula is C25H27N7O2S. The fraction of sp³-hybridized carbons (Fsp3) is 0.360. The van der Waals surface area contributed by atoms with Gasteiger partial charge in [-0.2, -0.15) is 5.10 Å². The zero-order valence-corrected chi connectivity index (χ0v) is 20.0. The van der Waals surface area contributed by atoms with Gasteiger partial charge in [-0.15, -0.1) is 11.3 Å². The van der Waals surface area contributed by atoms with Gasteiger partial charge in [0.15, 0.2) is 0 Å². The number of para-hydroxylation sites is 1. The molecule has 4 aromatic rings. The van der Waals surface area contributed by atoms with Crippen LogP contribution in [0.25, 0.3) is 31.9 Å². The Morgan fingerprint density at radius 1 is 1.26 bits per heavy atom. The number of benzene rings is 1. The predicted molar refractivity (Wildman–Crippen MR) is 136 cm³/mol. The molecular weight excluding hydrogens is 462 g/mol. The van der Waals surface area contributed by atoms with Gasteiger partial charge < -0.3 is 21.1 Å². The molecule has 10 heteroatoms. The minimum absolute atomic E-state index is 0.0967. The first kappa shape index (κ1) is 22.1. The molecule has 0 radical (unpaired) electrons. The number of carbonyl (C=O) groups is 1. The highest BCUT2D eigenvalue weighted by Gasteiger charge is 2.36. The highest BCUT2D eigenvalue weighted by atomic mass is 32.1. The lowest BCUT2D eigenvalue weighted by atomic mass is 10.1. The van der Waals surface area contributed by atoms with Crippen LogP contribution >= 0.6 is 11.3 Å². The van der Waals surface area contributed by atoms with E-state index < -0.39 is 0 Å². The van der Waals surface area contributed by atoms with Crippen molar-refractivity contribution in [3.05, 3.63) is 48.9 Å². The molecule has 2 fully saturated rings. The first-order valence-corrected chi connectivity index (χ1v) is 12.7. The smallest absolute Gasteiger partial charge is 0.239 e. The van der Waals surface area contributed by atoms with Crippen molar-refractivity contribution in [2.45, 2.75) is 24.9 Å². The lowest BCUT2D eigenvalue weighted by molar-refractivity contribution is -0.132. The minimum Gasteiger partial charge on any atom is -0.396 e. The number of fused-ring (bicyclic) bond motifs is 1. The molecule has 0 saturated carbocycles. The summed E-state index contributed by atoms with van der Waals surface area (Å²) in [5, 5.41) is 18.2. The highest BCUT2D eigenvalue weighted by Crippen LogP contribution is 2.35. The van der Waals surface area contributed by atoms with Crippen molar-refractivity contribution in [1.29, 1.82) is 0 Å². The summed E-state index contributed by atoms with van der Waals surface area (Å²) in [6.45, 7) is 2.19. The average Bonchev–Trinajstić information content (AvgIpc) is 3.68. The van der Waals surface area contributed by atoms with Gasteiger partial charge in [-0.1, -0.05) is 12.1 Å². The van der Waals surface area contributed by atoms with Crippen LogP contribution < -0.4 is 11.1 Å². The normalized spacial score (nSPS) is 22.3. The van der Waals surface area contributed by atoms with E-state index in [1.54, 1.807) is 17.5 Å². The average molecular weight is 490 g/mol. The van der Waals surface area contributed by atoms with Gasteiger partial charge in [-0.25, -0.2) is 9.97 Å². The van der Waals surface area contributed by atoms with Crippen molar-refractivity contribution >= 4 is 33.3 Å². The molecule has 0 aliphatic carbocycles. The third kappa shape index (κ3) is 4.18. The number of likely N-dealkylation sites (tertiary alicyclic amines) is 1. The summed E-state index contributed by atoms with van der Waals surface area (Å²) in [6, 6.07) is 9.93. The Kier molecular flexibility index (Phi) is 5.71. The number of aromatic nitrogens is 4. The van der Waals surface area contributed by atoms with Crippen molar-refractivity contribution in [1.82, 2.24) is 30.0 Å². The van der Waals surface area contributed by atoms with E-state index in [0.29, 0.717) is 25.3 Å². The number of hydrogen-bond acceptors (Lipinski definition) is 8. The number of thiazole rings is 1. The molecule has 1 unspecified atom stereocenters. The summed E-state index contributed by atoms with van der Waals surface area (Å²) >= 11 is 1.60. The van der Waals surface area contributed by atoms with Crippen molar-refractivity contribution < 1.29 is 9.90 Å². The second kappa shape index (κ2) is 9.03. The van der Waals surface area contributed by atoms with Crippen molar-refractivity contribution in [2.75, 3.05) is 32.0 Å². The molecule has 3 atom stereocenters. The number of nitrogens with one attached hydrogen (secondary N) is 1. The summed E-state index contributed by atoms with van der Waals surface area (Å²) in [5.74, 6) is 0.775. The molecule has 2 aliphatic heterocycles. The van der Waals surface area contributed by atoms with E-state index in [9.17, 15) is 9.90 Å². The lowest BCUT2D eigenvalue weighted by Gasteiger charge is -2.20. The van der Waals surface area contributed by atoms with Crippen LogP contribution in [0.2, 0.25) is 0 Å². The van der Waals surface area contributed by atoms with Crippen molar-refractivity contribution in [3.63, 3.8) is 0 Å². The molecule has 180 valence electrons. The lowest BCUT2D eigenvalue weighted by Crippen LogP contribution is -2.42. The number of pyridine rings is 1. The predicted octanol–water partition coefficient (Wildman–Crippen LogP) is 2.55. The van der Waals surface area contributed by atoms with Gasteiger partial charge in [0.2, 0.25) is 5.91 Å². The number of rotatable bonds is 5. The number of aliphatic hydroxyl groups is 1. The van der Waals surface area contributed by atoms with Crippen LogP contribution in [-0.4, -0.2) is 67.9 Å². The Hall–Kier alpha value is -3.34. The van der Waals surface area contributed by atoms with Crippen LogP contribution in [0.1, 0.15) is 18.9 Å². The molecule has 9 nitrogen and oxygen atoms in total. The van der Waals surface area contributed by atoms with Gasteiger partial charge >= 0.3 is 0 Å². The van der Waals surface area contributed by atoms with E-state index in [1.165, 1.54) is 0 Å². The molecule has 1 aromatic carbocycles. The Bertz CT molecular complexity index is 1350. The van der Waals surface area contributed by atoms with Crippen LogP contribution in [0.15, 0.2) is 48.9 Å². The largest absolute Gasteiger partial charge is 0.396 e. The molecule has 35 heavy (non-hydrogen) atoms. The van der Waals surface area contributed by atoms with E-state index in [4.69, 9.17) is 10.7 Å². The molecule has 4 N–H and O–H groups in total. The summed E-state index contributed by atoms with van der Waals surface area (Å²) in [4.78, 5) is 23.9. The SMILES string of the molecule is Nc1ncc(-c2cnn([C@@H]3CN[C@@H](C(=O)N4CCC(CO)C4)C3)c2)cc1-c1nc2ccccc2s1. The van der Waals surface area contributed by atoms with Gasteiger partial charge in [0.05, 0.1) is 34.1 Å². The van der Waals surface area contributed by atoms with Crippen LogP contribution in [0.4, 0.5) is 5.82 Å². The van der Waals surface area contributed by atoms with Gasteiger partial charge in [-0.3, -0.25) is 9.48 Å². The maximum absolute atomic E-state index is 12.9. The topological polar surface area (TPSA) is 122 Å². The van der Waals surface area contributed by atoms with Gasteiger partial charge in [-0.05, 0) is 31.0 Å². The monoisotopic (exact) mass is 489 g/mol. The number of hydrogen-bond donors (Lipinski definition) is 3. The fourth-order valence-corrected chi connectivity index (χ4v) is 5.98. The summed E-state index contributed by atoms with van der Waals surface area (Å²) in [5.41, 5.74) is 9.85. The van der Waals surface area contributed by atoms with E-state index in [1.807, 2.05) is 46.2 Å². The first-order chi connectivity index (χ1) is 17.1. The molecule has 2 aliphatic rings. The second-order valence-corrected chi connectivity index (χ2v) is 10.4. The van der Waals surface area contributed by atoms with Gasteiger partial charge in [0.25, 0.3) is 0 Å². The number of nitrogens with zero attached hydrogens (tertiary/aromatic N) is 5. The number of anilines is 1. The number of aliphatic hydroxyl groups excluding tert-OH is 1. The quantitative estimate of drug-likeness (QED) is 0.394. The maximum atomic E-state index is 12.9. The Labute approximate surface area is 206 Å². The molecule has 6 rings (SSSR count). The second-order valence-electron chi connectivity index (χ2n) is 9.32. The van der Waals surface area contributed by atoms with Crippen molar-refractivity contribution in [3.8, 4) is 21.7 Å². The number of nitrogens with two attached hydrogens (primary N) is 1. The van der Waals surface area contributed by atoms with E-state index in [-0.39, 0.29) is 30.5 Å². The molecule has 0 bridgehead atoms. The number of carbonyl (C=O) groups excluding carboxylic acids is 1. The van der Waals surface area contributed by atoms with Crippen LogP contribution in [-0.2, 0) is 4.79 Å². The fourth-order valence-electron chi connectivity index (χ4n) is 4.99. The van der Waals surface area contributed by atoms with Crippen LogP contribution in [0, 0.1) is 5.92 Å². The first-order valence-electron chi connectivity index (χ1n) is 11.9. The standard InChI is InChI=1S/C25H27N7O2S/c26-23-19(24-30-20-3-1-2-4-22(20)35-24)7-16(9-28-23)17-10-29-32(13-17)18-8-21(27-11-18)25(34)31-6-5-15(12-31)14-33/h1-4,7,9-10,13,15,18,21,27,33H,5-6,8,11-12,14H2,(H2,26,28)/t15?,18-,21+/m0/s1. The summed E-state index contributed by atoms with van der Waals surface area (Å²) in [6.07, 6.45) is 7.16. The van der Waals surface area contributed by atoms with E-state index in [0.717, 1.165) is 44.9 Å². The number of amides is 1. The zero-order chi connectivity index (χ0) is 23.9. The van der Waals surface area contributed by atoms with Crippen LogP contribution in [0.5, 0.6) is 0 Å². The summed E-state index contributed by atoms with van der Waals surface area (Å²) in [7, 11) is 0. The minimum atomic E-state index is -0.214. The third-order valence-electron chi connectivity index (χ3n) is 7.01. The third-order valence-corrected chi connectivity index (χ3v) is 8.08. The highest BCUT2D eigenvalue weighted by molar-refractivity contribution is 7.21. The van der Waals surface area contributed by atoms with E-state index >= 15 is 0 Å². The zero-order valence-electron chi connectivity index (χ0n) is 19.2. The maximum Gasteiger partial charge on any atom is 0.239 e. The van der Waals surface area contributed by atoms with E-state index in [2.05, 4.69) is 21.5 Å². The number of nitrogen functional groups attached to an aromatic ring is 1. The molecule has 3 aromatic heterocycles. The molecule has 0 spiro atoms.